The molecule has 28 heavy (non-hydrogen) atoms. The molecule has 3 aromatic rings. The normalized spacial score (nSPS) is 10.9. The molecule has 0 aliphatic carbocycles. The molecule has 0 saturated carbocycles. The minimum Gasteiger partial charge on any atom is -0.299 e. The summed E-state index contributed by atoms with van der Waals surface area (Å²) in [6.07, 6.45) is 5.74. The summed E-state index contributed by atoms with van der Waals surface area (Å²) in [7, 11) is 1.73. The van der Waals surface area contributed by atoms with Crippen molar-refractivity contribution in [2.75, 3.05) is 11.8 Å². The molecule has 1 aromatic carbocycles. The summed E-state index contributed by atoms with van der Waals surface area (Å²) in [6.45, 7) is 1.94. The number of halogens is 3. The first-order valence-corrected chi connectivity index (χ1v) is 9.77. The fourth-order valence-electron chi connectivity index (χ4n) is 2.84. The molecule has 3 rings (SSSR count). The highest BCUT2D eigenvalue weighted by atomic mass is 35.5. The average molecular weight is 421 g/mol. The molecule has 0 fully saturated rings. The van der Waals surface area contributed by atoms with Gasteiger partial charge in [0.2, 0.25) is 0 Å². The van der Waals surface area contributed by atoms with Crippen LogP contribution in [0.15, 0.2) is 42.9 Å². The Morgan fingerprint density at radius 1 is 1.04 bits per heavy atom. The van der Waals surface area contributed by atoms with Crippen LogP contribution in [0.2, 0.25) is 5.02 Å². The molecule has 0 amide bonds. The highest BCUT2D eigenvalue weighted by Gasteiger charge is 2.14. The molecule has 146 valence electrons. The fourth-order valence-corrected chi connectivity index (χ4v) is 3.34. The smallest absolute Gasteiger partial charge is 0.173 e. The molecule has 2 aromatic heterocycles. The van der Waals surface area contributed by atoms with Gasteiger partial charge < -0.3 is 0 Å². The van der Waals surface area contributed by atoms with E-state index >= 15 is 0 Å². The van der Waals surface area contributed by atoms with Crippen molar-refractivity contribution in [3.63, 3.8) is 0 Å². The van der Waals surface area contributed by atoms with E-state index in [1.165, 1.54) is 6.07 Å². The maximum Gasteiger partial charge on any atom is 0.173 e. The summed E-state index contributed by atoms with van der Waals surface area (Å²) in [5.41, 5.74) is 3.77. The largest absolute Gasteiger partial charge is 0.299 e. The lowest BCUT2D eigenvalue weighted by Crippen LogP contribution is -2.06. The van der Waals surface area contributed by atoms with E-state index in [1.54, 1.807) is 43.8 Å². The first kappa shape index (κ1) is 20.5. The molecule has 0 bridgehead atoms. The molecule has 2 heterocycles. The average Bonchev–Trinajstić information content (AvgIpc) is 2.67. The molecule has 8 heteroatoms. The van der Waals surface area contributed by atoms with Crippen LogP contribution in [-0.4, -0.2) is 17.0 Å². The number of rotatable bonds is 7. The van der Waals surface area contributed by atoms with Gasteiger partial charge in [0.05, 0.1) is 0 Å². The summed E-state index contributed by atoms with van der Waals surface area (Å²) in [5.74, 6) is -0.587. The SMILES string of the molecule is CNSNc1nccc(Cc2cncc(Cc3ccc(Cl)cc3F)c2C)c1F. The third kappa shape index (κ3) is 4.79. The van der Waals surface area contributed by atoms with Gasteiger partial charge in [-0.15, -0.1) is 0 Å². The van der Waals surface area contributed by atoms with E-state index in [4.69, 9.17) is 11.6 Å². The van der Waals surface area contributed by atoms with Crippen LogP contribution >= 0.6 is 23.7 Å². The van der Waals surface area contributed by atoms with Gasteiger partial charge in [0, 0.05) is 48.6 Å². The fraction of sp³-hybridized carbons (Fsp3) is 0.200. The van der Waals surface area contributed by atoms with Gasteiger partial charge in [0.25, 0.3) is 0 Å². The Balaban J connectivity index is 1.85. The van der Waals surface area contributed by atoms with Gasteiger partial charge in [-0.1, -0.05) is 17.7 Å². The molecular weight excluding hydrogens is 402 g/mol. The van der Waals surface area contributed by atoms with E-state index in [-0.39, 0.29) is 11.6 Å². The molecule has 0 unspecified atom stereocenters. The van der Waals surface area contributed by atoms with Crippen molar-refractivity contribution in [3.8, 4) is 0 Å². The van der Waals surface area contributed by atoms with Gasteiger partial charge >= 0.3 is 0 Å². The zero-order valence-corrected chi connectivity index (χ0v) is 17.0. The van der Waals surface area contributed by atoms with Crippen molar-refractivity contribution < 1.29 is 8.78 Å². The predicted molar refractivity (Wildman–Crippen MR) is 110 cm³/mol. The second-order valence-corrected chi connectivity index (χ2v) is 7.47. The Labute approximate surface area is 172 Å². The van der Waals surface area contributed by atoms with Crippen molar-refractivity contribution >= 4 is 29.6 Å². The summed E-state index contributed by atoms with van der Waals surface area (Å²) >= 11 is 6.96. The van der Waals surface area contributed by atoms with E-state index in [1.807, 2.05) is 6.92 Å². The molecule has 0 spiro atoms. The highest BCUT2D eigenvalue weighted by Crippen LogP contribution is 2.24. The van der Waals surface area contributed by atoms with E-state index in [0.717, 1.165) is 28.8 Å². The quantitative estimate of drug-likeness (QED) is 0.521. The zero-order valence-electron chi connectivity index (χ0n) is 15.4. The van der Waals surface area contributed by atoms with Crippen molar-refractivity contribution in [2.45, 2.75) is 19.8 Å². The number of nitrogens with one attached hydrogen (secondary N) is 2. The Morgan fingerprint density at radius 2 is 1.75 bits per heavy atom. The Morgan fingerprint density at radius 3 is 2.43 bits per heavy atom. The van der Waals surface area contributed by atoms with E-state index in [9.17, 15) is 8.78 Å². The van der Waals surface area contributed by atoms with Crippen LogP contribution in [0.1, 0.15) is 27.8 Å². The summed E-state index contributed by atoms with van der Waals surface area (Å²) in [6, 6.07) is 6.28. The van der Waals surface area contributed by atoms with Gasteiger partial charge in [0.1, 0.15) is 5.82 Å². The van der Waals surface area contributed by atoms with E-state index < -0.39 is 5.82 Å². The van der Waals surface area contributed by atoms with Crippen molar-refractivity contribution in [1.29, 1.82) is 0 Å². The molecule has 0 atom stereocenters. The predicted octanol–water partition coefficient (Wildman–Crippen LogP) is 5.09. The van der Waals surface area contributed by atoms with E-state index in [0.29, 0.717) is 29.0 Å². The molecule has 0 radical (unpaired) electrons. The number of nitrogens with zero attached hydrogens (tertiary/aromatic N) is 2. The van der Waals surface area contributed by atoms with Crippen LogP contribution in [0, 0.1) is 18.6 Å². The van der Waals surface area contributed by atoms with Crippen LogP contribution in [0.25, 0.3) is 0 Å². The van der Waals surface area contributed by atoms with Crippen LogP contribution in [0.3, 0.4) is 0 Å². The second-order valence-electron chi connectivity index (χ2n) is 6.21. The summed E-state index contributed by atoms with van der Waals surface area (Å²) in [5, 5.41) is 0.360. The van der Waals surface area contributed by atoms with Gasteiger partial charge in [-0.25, -0.2) is 18.5 Å². The second kappa shape index (κ2) is 9.32. The maximum absolute atomic E-state index is 14.7. The number of hydrogen-bond donors (Lipinski definition) is 2. The third-order valence-corrected chi connectivity index (χ3v) is 5.15. The topological polar surface area (TPSA) is 49.8 Å². The monoisotopic (exact) mass is 420 g/mol. The number of aromatic nitrogens is 2. The molecule has 0 aliphatic rings. The van der Waals surface area contributed by atoms with Gasteiger partial charge in [0.15, 0.2) is 11.6 Å². The lowest BCUT2D eigenvalue weighted by molar-refractivity contribution is 0.612. The highest BCUT2D eigenvalue weighted by molar-refractivity contribution is 7.98. The number of hydrogen-bond acceptors (Lipinski definition) is 5. The molecule has 4 nitrogen and oxygen atoms in total. The maximum atomic E-state index is 14.7. The van der Waals surface area contributed by atoms with Gasteiger partial charge in [-0.05, 0) is 60.0 Å². The molecule has 0 saturated heterocycles. The Bertz CT molecular complexity index is 984. The van der Waals surface area contributed by atoms with Crippen molar-refractivity contribution in [1.82, 2.24) is 14.7 Å². The number of pyridine rings is 2. The third-order valence-electron chi connectivity index (χ3n) is 4.42. The Hall–Kier alpha value is -2.22. The van der Waals surface area contributed by atoms with Crippen LogP contribution in [-0.2, 0) is 12.8 Å². The van der Waals surface area contributed by atoms with Crippen molar-refractivity contribution in [2.24, 2.45) is 0 Å². The van der Waals surface area contributed by atoms with Gasteiger partial charge in [-0.3, -0.25) is 9.71 Å². The van der Waals surface area contributed by atoms with Gasteiger partial charge in [-0.2, -0.15) is 0 Å². The minimum atomic E-state index is -0.404. The molecule has 2 N–H and O–H groups in total. The summed E-state index contributed by atoms with van der Waals surface area (Å²) < 4.78 is 34.5. The van der Waals surface area contributed by atoms with E-state index in [2.05, 4.69) is 19.4 Å². The van der Waals surface area contributed by atoms with Crippen LogP contribution < -0.4 is 9.44 Å². The number of benzene rings is 1. The lowest BCUT2D eigenvalue weighted by Gasteiger charge is -2.13. The lowest BCUT2D eigenvalue weighted by atomic mass is 9.96. The van der Waals surface area contributed by atoms with Crippen LogP contribution in [0.5, 0.6) is 0 Å². The number of anilines is 1. The summed E-state index contributed by atoms with van der Waals surface area (Å²) in [4.78, 5) is 8.29. The molecular formula is C20H19ClF2N4S. The Kier molecular flexibility index (Phi) is 6.83. The van der Waals surface area contributed by atoms with Crippen molar-refractivity contribution in [3.05, 3.63) is 87.3 Å². The first-order chi connectivity index (χ1) is 13.5. The first-order valence-electron chi connectivity index (χ1n) is 8.58. The minimum absolute atomic E-state index is 0.168. The standard InChI is InChI=1S/C20H19ClF2N4S/c1-12-15(7-13-3-4-17(21)9-18(13)22)10-25-11-16(12)8-14-5-6-26-20(19(14)23)27-28-24-2/h3-6,9-11,24H,7-8H2,1-2H3,(H,26,27). The molecule has 0 aliphatic heterocycles. The van der Waals surface area contributed by atoms with Crippen LogP contribution in [0.4, 0.5) is 14.6 Å². The zero-order chi connectivity index (χ0) is 20.1.